The van der Waals surface area contributed by atoms with Crippen molar-refractivity contribution < 1.29 is 14.8 Å². The summed E-state index contributed by atoms with van der Waals surface area (Å²) in [6.07, 6.45) is 5.61. The molecule has 0 radical (unpaired) electrons. The van der Waals surface area contributed by atoms with Crippen molar-refractivity contribution in [3.05, 3.63) is 66.5 Å². The van der Waals surface area contributed by atoms with E-state index >= 15 is 0 Å². The molecule has 4 rings (SSSR count). The van der Waals surface area contributed by atoms with Crippen LogP contribution in [0.2, 0.25) is 0 Å². The van der Waals surface area contributed by atoms with Gasteiger partial charge in [0.15, 0.2) is 5.82 Å². The first-order chi connectivity index (χ1) is 16.6. The zero-order chi connectivity index (χ0) is 23.8. The largest absolute Gasteiger partial charge is 0.326 e. The number of amides is 2. The molecule has 0 atom stereocenters. The number of nitrogens with one attached hydrogen (secondary N) is 3. The van der Waals surface area contributed by atoms with Crippen LogP contribution in [0.1, 0.15) is 44.1 Å². The average Bonchev–Trinajstić information content (AvgIpc) is 3.48. The number of aromatic amines is 1. The molecule has 4 N–H and O–H groups in total. The number of carbonyl (C=O) groups is 2. The maximum Gasteiger partial charge on any atom is 0.243 e. The third kappa shape index (κ3) is 6.08. The number of hydrogen-bond acceptors (Lipinski definition) is 5. The van der Waals surface area contributed by atoms with Gasteiger partial charge in [0.05, 0.1) is 23.1 Å². The molecule has 9 heteroatoms. The second kappa shape index (κ2) is 11.2. The topological polar surface area (TPSA) is 125 Å². The van der Waals surface area contributed by atoms with Crippen molar-refractivity contribution in [3.63, 3.8) is 0 Å². The molecule has 176 valence electrons. The molecular weight excluding hydrogens is 432 g/mol. The zero-order valence-electron chi connectivity index (χ0n) is 18.8. The number of imidazole rings is 1. The summed E-state index contributed by atoms with van der Waals surface area (Å²) >= 11 is 0. The molecule has 0 aliphatic rings. The Balaban J connectivity index is 1.32. The highest BCUT2D eigenvalue weighted by Crippen LogP contribution is 2.25. The molecule has 4 aromatic rings. The molecule has 2 aromatic heterocycles. The Bertz CT molecular complexity index is 1250. The Morgan fingerprint density at radius 2 is 1.71 bits per heavy atom. The fourth-order valence-corrected chi connectivity index (χ4v) is 3.85. The first-order valence-electron chi connectivity index (χ1n) is 11.4. The third-order valence-electron chi connectivity index (χ3n) is 5.66. The van der Waals surface area contributed by atoms with Crippen molar-refractivity contribution in [1.29, 1.82) is 0 Å². The van der Waals surface area contributed by atoms with Crippen molar-refractivity contribution >= 4 is 28.7 Å². The molecule has 0 aliphatic carbocycles. The van der Waals surface area contributed by atoms with Crippen LogP contribution in [0.3, 0.4) is 0 Å². The lowest BCUT2D eigenvalue weighted by Crippen LogP contribution is -2.17. The second-order valence-corrected chi connectivity index (χ2v) is 8.23. The van der Waals surface area contributed by atoms with Crippen LogP contribution in [-0.4, -0.2) is 36.8 Å². The van der Waals surface area contributed by atoms with Gasteiger partial charge in [-0.15, -0.1) is 0 Å². The SMILES string of the molecule is O=C(CCCCCCC(=O)Nc1cc(-c2ccc3ncn(Cc4ccccc4)c3c2)[nH]n1)NO. The van der Waals surface area contributed by atoms with Crippen LogP contribution in [0.15, 0.2) is 60.9 Å². The minimum Gasteiger partial charge on any atom is -0.326 e. The van der Waals surface area contributed by atoms with E-state index in [9.17, 15) is 9.59 Å². The van der Waals surface area contributed by atoms with Crippen LogP contribution in [0.25, 0.3) is 22.3 Å². The molecule has 0 bridgehead atoms. The maximum absolute atomic E-state index is 12.2. The average molecular weight is 461 g/mol. The molecule has 0 saturated heterocycles. The predicted octanol–water partition coefficient (Wildman–Crippen LogP) is 4.26. The molecule has 2 heterocycles. The Morgan fingerprint density at radius 1 is 0.941 bits per heavy atom. The van der Waals surface area contributed by atoms with Gasteiger partial charge in [-0.2, -0.15) is 5.10 Å². The predicted molar refractivity (Wildman–Crippen MR) is 129 cm³/mol. The van der Waals surface area contributed by atoms with E-state index in [1.165, 1.54) is 5.56 Å². The molecule has 2 amide bonds. The number of carbonyl (C=O) groups excluding carboxylic acids is 2. The lowest BCUT2D eigenvalue weighted by atomic mass is 10.1. The highest BCUT2D eigenvalue weighted by atomic mass is 16.5. The first kappa shape index (κ1) is 23.2. The fraction of sp³-hybridized carbons (Fsp3) is 0.280. The van der Waals surface area contributed by atoms with Gasteiger partial charge in [0.1, 0.15) is 0 Å². The van der Waals surface area contributed by atoms with Gasteiger partial charge in [-0.25, -0.2) is 10.5 Å². The molecular formula is C25H28N6O3. The summed E-state index contributed by atoms with van der Waals surface area (Å²) < 4.78 is 2.11. The molecule has 0 aliphatic heterocycles. The van der Waals surface area contributed by atoms with E-state index in [-0.39, 0.29) is 18.2 Å². The van der Waals surface area contributed by atoms with Crippen LogP contribution < -0.4 is 10.8 Å². The Morgan fingerprint density at radius 3 is 2.47 bits per heavy atom. The van der Waals surface area contributed by atoms with E-state index < -0.39 is 0 Å². The molecule has 0 saturated carbocycles. The minimum absolute atomic E-state index is 0.0949. The normalized spacial score (nSPS) is 11.0. The van der Waals surface area contributed by atoms with Gasteiger partial charge in [-0.3, -0.25) is 19.9 Å². The van der Waals surface area contributed by atoms with Crippen LogP contribution in [0, 0.1) is 0 Å². The van der Waals surface area contributed by atoms with Crippen LogP contribution >= 0.6 is 0 Å². The van der Waals surface area contributed by atoms with Gasteiger partial charge in [-0.1, -0.05) is 49.2 Å². The Hall–Kier alpha value is -3.98. The van der Waals surface area contributed by atoms with Gasteiger partial charge in [0.2, 0.25) is 11.8 Å². The summed E-state index contributed by atoms with van der Waals surface area (Å²) in [6, 6.07) is 18.1. The number of hydroxylamine groups is 1. The summed E-state index contributed by atoms with van der Waals surface area (Å²) in [4.78, 5) is 27.7. The second-order valence-electron chi connectivity index (χ2n) is 8.23. The molecule has 0 spiro atoms. The van der Waals surface area contributed by atoms with Crippen LogP contribution in [0.5, 0.6) is 0 Å². The summed E-state index contributed by atoms with van der Waals surface area (Å²) in [5.41, 5.74) is 6.54. The summed E-state index contributed by atoms with van der Waals surface area (Å²) in [6.45, 7) is 0.736. The van der Waals surface area contributed by atoms with E-state index in [0.717, 1.165) is 48.1 Å². The maximum atomic E-state index is 12.2. The number of benzene rings is 2. The number of unbranched alkanes of at least 4 members (excludes halogenated alkanes) is 3. The Labute approximate surface area is 197 Å². The van der Waals surface area contributed by atoms with Gasteiger partial charge in [-0.05, 0) is 30.5 Å². The van der Waals surface area contributed by atoms with Crippen LogP contribution in [0.4, 0.5) is 5.82 Å². The quantitative estimate of drug-likeness (QED) is 0.151. The number of rotatable bonds is 11. The monoisotopic (exact) mass is 460 g/mol. The lowest BCUT2D eigenvalue weighted by Gasteiger charge is -2.05. The summed E-state index contributed by atoms with van der Waals surface area (Å²) in [7, 11) is 0. The van der Waals surface area contributed by atoms with Gasteiger partial charge in [0.25, 0.3) is 0 Å². The molecule has 34 heavy (non-hydrogen) atoms. The summed E-state index contributed by atoms with van der Waals surface area (Å²) in [5, 5.41) is 18.5. The van der Waals surface area contributed by atoms with E-state index in [0.29, 0.717) is 18.7 Å². The van der Waals surface area contributed by atoms with Crippen molar-refractivity contribution in [2.24, 2.45) is 0 Å². The van der Waals surface area contributed by atoms with E-state index in [4.69, 9.17) is 5.21 Å². The number of fused-ring (bicyclic) bond motifs is 1. The highest BCUT2D eigenvalue weighted by molar-refractivity contribution is 5.90. The third-order valence-corrected chi connectivity index (χ3v) is 5.66. The highest BCUT2D eigenvalue weighted by Gasteiger charge is 2.10. The zero-order valence-corrected chi connectivity index (χ0v) is 18.8. The lowest BCUT2D eigenvalue weighted by molar-refractivity contribution is -0.129. The number of hydrogen-bond donors (Lipinski definition) is 4. The van der Waals surface area contributed by atoms with E-state index in [2.05, 4.69) is 43.3 Å². The molecule has 0 unspecified atom stereocenters. The van der Waals surface area contributed by atoms with Gasteiger partial charge in [0, 0.05) is 31.0 Å². The number of nitrogens with zero attached hydrogens (tertiary/aromatic N) is 3. The van der Waals surface area contributed by atoms with E-state index in [1.807, 2.05) is 42.7 Å². The van der Waals surface area contributed by atoms with Gasteiger partial charge >= 0.3 is 0 Å². The molecule has 9 nitrogen and oxygen atoms in total. The number of aromatic nitrogens is 4. The summed E-state index contributed by atoms with van der Waals surface area (Å²) in [5.74, 6) is 0.00641. The molecule has 0 fully saturated rings. The molecule has 2 aromatic carbocycles. The van der Waals surface area contributed by atoms with Crippen molar-refractivity contribution in [1.82, 2.24) is 25.2 Å². The fourth-order valence-electron chi connectivity index (χ4n) is 3.85. The Kier molecular flexibility index (Phi) is 7.67. The number of anilines is 1. The first-order valence-corrected chi connectivity index (χ1v) is 11.4. The number of H-pyrrole nitrogens is 1. The van der Waals surface area contributed by atoms with Crippen molar-refractivity contribution in [2.75, 3.05) is 5.32 Å². The van der Waals surface area contributed by atoms with Crippen LogP contribution in [-0.2, 0) is 16.1 Å². The van der Waals surface area contributed by atoms with Crippen molar-refractivity contribution in [2.45, 2.75) is 45.1 Å². The van der Waals surface area contributed by atoms with E-state index in [1.54, 1.807) is 5.48 Å². The van der Waals surface area contributed by atoms with Gasteiger partial charge < -0.3 is 9.88 Å². The smallest absolute Gasteiger partial charge is 0.243 e. The van der Waals surface area contributed by atoms with Crippen molar-refractivity contribution in [3.8, 4) is 11.3 Å². The minimum atomic E-state index is -0.383. The standard InChI is InChI=1S/C25H28N6O3/c32-24(10-6-1-2-7-11-25(33)30-34)27-23-15-21(28-29-23)19-12-13-20-22(14-19)31(17-26-20)16-18-8-4-3-5-9-18/h3-5,8-9,12-15,17,34H,1-2,6-7,10-11,16H2,(H,30,33)(H2,27,28,29,32).